The maximum atomic E-state index is 13.2. The molecule has 0 bridgehead atoms. The van der Waals surface area contributed by atoms with Gasteiger partial charge >= 0.3 is 0 Å². The predicted octanol–water partition coefficient (Wildman–Crippen LogP) is 2.36. The van der Waals surface area contributed by atoms with Crippen LogP contribution in [0.5, 0.6) is 0 Å². The summed E-state index contributed by atoms with van der Waals surface area (Å²) < 4.78 is 13.2. The summed E-state index contributed by atoms with van der Waals surface area (Å²) in [4.78, 5) is 6.72. The third kappa shape index (κ3) is 2.12. The van der Waals surface area contributed by atoms with Crippen molar-refractivity contribution in [3.8, 4) is 0 Å². The Kier molecular flexibility index (Phi) is 3.06. The van der Waals surface area contributed by atoms with Gasteiger partial charge < -0.3 is 10.1 Å². The molecular formula is C13H13FN2O. The van der Waals surface area contributed by atoms with E-state index in [4.69, 9.17) is 0 Å². The molecule has 88 valence electrons. The Morgan fingerprint density at radius 1 is 1.53 bits per heavy atom. The molecule has 0 radical (unpaired) electrons. The van der Waals surface area contributed by atoms with Crippen LogP contribution in [0.4, 0.5) is 4.39 Å². The summed E-state index contributed by atoms with van der Waals surface area (Å²) >= 11 is 0. The van der Waals surface area contributed by atoms with E-state index in [1.54, 1.807) is 18.2 Å². The maximum Gasteiger partial charge on any atom is 0.134 e. The van der Waals surface area contributed by atoms with Gasteiger partial charge in [-0.1, -0.05) is 18.2 Å². The smallest absolute Gasteiger partial charge is 0.134 e. The van der Waals surface area contributed by atoms with Gasteiger partial charge in [-0.2, -0.15) is 0 Å². The number of aromatic nitrogens is 2. The van der Waals surface area contributed by atoms with Crippen LogP contribution in [0.2, 0.25) is 0 Å². The summed E-state index contributed by atoms with van der Waals surface area (Å²) in [5.41, 5.74) is -0.329. The molecule has 1 aromatic carbocycles. The van der Waals surface area contributed by atoms with E-state index in [1.807, 2.05) is 0 Å². The van der Waals surface area contributed by atoms with Crippen LogP contribution in [0.3, 0.4) is 0 Å². The van der Waals surface area contributed by atoms with Gasteiger partial charge in [-0.3, -0.25) is 0 Å². The molecule has 1 unspecified atom stereocenters. The molecule has 0 aliphatic rings. The first-order chi connectivity index (χ1) is 8.16. The second-order valence-corrected chi connectivity index (χ2v) is 3.83. The number of imidazole rings is 1. The number of nitrogens with one attached hydrogen (secondary N) is 1. The first-order valence-electron chi connectivity index (χ1n) is 5.25. The lowest BCUT2D eigenvalue weighted by molar-refractivity contribution is 0.0796. The van der Waals surface area contributed by atoms with E-state index in [2.05, 4.69) is 16.5 Å². The molecule has 0 spiro atoms. The molecule has 0 amide bonds. The number of aromatic amines is 1. The monoisotopic (exact) mass is 232 g/mol. The SMILES string of the molecule is C=CCC(O)(c1cccc(F)c1)c1cnc[nH]1. The molecule has 1 heterocycles. The van der Waals surface area contributed by atoms with E-state index in [9.17, 15) is 9.50 Å². The number of H-pyrrole nitrogens is 1. The zero-order valence-corrected chi connectivity index (χ0v) is 9.23. The van der Waals surface area contributed by atoms with E-state index >= 15 is 0 Å². The highest BCUT2D eigenvalue weighted by Gasteiger charge is 2.31. The summed E-state index contributed by atoms with van der Waals surface area (Å²) in [6, 6.07) is 5.89. The zero-order chi connectivity index (χ0) is 12.3. The lowest BCUT2D eigenvalue weighted by atomic mass is 9.87. The van der Waals surface area contributed by atoms with Crippen LogP contribution in [0.25, 0.3) is 0 Å². The molecule has 0 fully saturated rings. The third-order valence-electron chi connectivity index (χ3n) is 2.69. The fourth-order valence-corrected chi connectivity index (χ4v) is 1.82. The molecule has 2 aromatic rings. The van der Waals surface area contributed by atoms with Crippen molar-refractivity contribution in [1.29, 1.82) is 0 Å². The number of rotatable bonds is 4. The summed E-state index contributed by atoms with van der Waals surface area (Å²) in [6.45, 7) is 3.62. The highest BCUT2D eigenvalue weighted by Crippen LogP contribution is 2.32. The quantitative estimate of drug-likeness (QED) is 0.795. The number of nitrogens with zero attached hydrogens (tertiary/aromatic N) is 1. The molecular weight excluding hydrogens is 219 g/mol. The first kappa shape index (κ1) is 11.5. The Bertz CT molecular complexity index is 510. The number of aliphatic hydroxyl groups is 1. The van der Waals surface area contributed by atoms with Crippen LogP contribution in [0.1, 0.15) is 17.7 Å². The molecule has 0 saturated carbocycles. The van der Waals surface area contributed by atoms with Crippen molar-refractivity contribution in [2.75, 3.05) is 0 Å². The molecule has 2 rings (SSSR count). The Morgan fingerprint density at radius 3 is 2.94 bits per heavy atom. The fraction of sp³-hybridized carbons (Fsp3) is 0.154. The summed E-state index contributed by atoms with van der Waals surface area (Å²) in [7, 11) is 0. The molecule has 4 heteroatoms. The number of hydrogen-bond donors (Lipinski definition) is 2. The minimum atomic E-state index is -1.32. The minimum Gasteiger partial charge on any atom is -0.378 e. The summed E-state index contributed by atoms with van der Waals surface area (Å²) in [6.07, 6.45) is 4.86. The number of hydrogen-bond acceptors (Lipinski definition) is 2. The average molecular weight is 232 g/mol. The summed E-state index contributed by atoms with van der Waals surface area (Å²) in [5.74, 6) is -0.385. The van der Waals surface area contributed by atoms with Gasteiger partial charge in [0.15, 0.2) is 0 Å². The van der Waals surface area contributed by atoms with Crippen molar-refractivity contribution in [3.63, 3.8) is 0 Å². The maximum absolute atomic E-state index is 13.2. The minimum absolute atomic E-state index is 0.276. The first-order valence-corrected chi connectivity index (χ1v) is 5.25. The van der Waals surface area contributed by atoms with E-state index in [-0.39, 0.29) is 12.2 Å². The standard InChI is InChI=1S/C13H13FN2O/c1-2-6-13(17,12-8-15-9-16-12)10-4-3-5-11(14)7-10/h2-5,7-9,17H,1,6H2,(H,15,16). The van der Waals surface area contributed by atoms with Crippen molar-refractivity contribution in [3.05, 3.63) is 66.5 Å². The number of halogens is 1. The number of benzene rings is 1. The second kappa shape index (κ2) is 4.51. The van der Waals surface area contributed by atoms with Gasteiger partial charge in [0.25, 0.3) is 0 Å². The van der Waals surface area contributed by atoms with Crippen LogP contribution in [0.15, 0.2) is 49.4 Å². The van der Waals surface area contributed by atoms with Gasteiger partial charge in [0.05, 0.1) is 18.2 Å². The predicted molar refractivity (Wildman–Crippen MR) is 62.8 cm³/mol. The molecule has 0 aliphatic heterocycles. The van der Waals surface area contributed by atoms with Crippen LogP contribution < -0.4 is 0 Å². The second-order valence-electron chi connectivity index (χ2n) is 3.83. The zero-order valence-electron chi connectivity index (χ0n) is 9.23. The Labute approximate surface area is 98.6 Å². The summed E-state index contributed by atoms with van der Waals surface area (Å²) in [5, 5.41) is 10.7. The van der Waals surface area contributed by atoms with Crippen LogP contribution in [-0.4, -0.2) is 15.1 Å². The molecule has 0 aliphatic carbocycles. The van der Waals surface area contributed by atoms with Crippen molar-refractivity contribution in [2.24, 2.45) is 0 Å². The van der Waals surface area contributed by atoms with Crippen LogP contribution in [-0.2, 0) is 5.60 Å². The van der Waals surface area contributed by atoms with Gasteiger partial charge in [0.1, 0.15) is 11.4 Å². The van der Waals surface area contributed by atoms with Crippen LogP contribution in [0, 0.1) is 5.82 Å². The fourth-order valence-electron chi connectivity index (χ4n) is 1.82. The van der Waals surface area contributed by atoms with Crippen molar-refractivity contribution in [1.82, 2.24) is 9.97 Å². The molecule has 1 aromatic heterocycles. The Balaban J connectivity index is 2.51. The normalized spacial score (nSPS) is 14.2. The van der Waals surface area contributed by atoms with Gasteiger partial charge in [-0.25, -0.2) is 9.37 Å². The van der Waals surface area contributed by atoms with Gasteiger partial charge in [-0.15, -0.1) is 6.58 Å². The average Bonchev–Trinajstić information content (AvgIpc) is 2.83. The van der Waals surface area contributed by atoms with E-state index in [1.165, 1.54) is 24.7 Å². The molecule has 1 atom stereocenters. The van der Waals surface area contributed by atoms with E-state index in [0.29, 0.717) is 11.3 Å². The van der Waals surface area contributed by atoms with Gasteiger partial charge in [0, 0.05) is 6.42 Å². The van der Waals surface area contributed by atoms with Gasteiger partial charge in [-0.05, 0) is 17.7 Å². The lowest BCUT2D eigenvalue weighted by Gasteiger charge is -2.26. The Morgan fingerprint density at radius 2 is 2.35 bits per heavy atom. The van der Waals surface area contributed by atoms with Crippen molar-refractivity contribution in [2.45, 2.75) is 12.0 Å². The molecule has 3 nitrogen and oxygen atoms in total. The van der Waals surface area contributed by atoms with Gasteiger partial charge in [0.2, 0.25) is 0 Å². The lowest BCUT2D eigenvalue weighted by Crippen LogP contribution is -2.27. The van der Waals surface area contributed by atoms with Crippen LogP contribution >= 0.6 is 0 Å². The Hall–Kier alpha value is -1.94. The van der Waals surface area contributed by atoms with Crippen molar-refractivity contribution < 1.29 is 9.50 Å². The topological polar surface area (TPSA) is 48.9 Å². The third-order valence-corrected chi connectivity index (χ3v) is 2.69. The molecule has 0 saturated heterocycles. The highest BCUT2D eigenvalue weighted by atomic mass is 19.1. The van der Waals surface area contributed by atoms with Crippen molar-refractivity contribution >= 4 is 0 Å². The van der Waals surface area contributed by atoms with E-state index < -0.39 is 5.60 Å². The van der Waals surface area contributed by atoms with E-state index in [0.717, 1.165) is 0 Å². The molecule has 17 heavy (non-hydrogen) atoms. The molecule has 2 N–H and O–H groups in total. The largest absolute Gasteiger partial charge is 0.378 e. The highest BCUT2D eigenvalue weighted by molar-refractivity contribution is 5.32.